The summed E-state index contributed by atoms with van der Waals surface area (Å²) >= 11 is 5.42. The lowest BCUT2D eigenvalue weighted by Crippen LogP contribution is -2.12. The topological polar surface area (TPSA) is 30.5 Å². The number of hydrogen-bond acceptors (Lipinski definition) is 4. The monoisotopic (exact) mass is 481 g/mol. The zero-order chi connectivity index (χ0) is 19.1. The van der Waals surface area contributed by atoms with Gasteiger partial charge in [0.2, 0.25) is 0 Å². The minimum atomic E-state index is 0. The second-order valence-electron chi connectivity index (χ2n) is 6.30. The number of rotatable bonds is 9. The molecule has 0 aliphatic carbocycles. The van der Waals surface area contributed by atoms with Gasteiger partial charge in [0.15, 0.2) is 11.5 Å². The molecule has 0 unspecified atom stereocenters. The van der Waals surface area contributed by atoms with Gasteiger partial charge < -0.3 is 14.8 Å². The number of ether oxygens (including phenoxy) is 2. The first-order chi connectivity index (χ1) is 13.2. The van der Waals surface area contributed by atoms with Gasteiger partial charge in [0.1, 0.15) is 6.61 Å². The van der Waals surface area contributed by atoms with E-state index in [0.717, 1.165) is 40.2 Å². The van der Waals surface area contributed by atoms with Crippen molar-refractivity contribution in [2.24, 2.45) is 0 Å². The van der Waals surface area contributed by atoms with E-state index in [1.54, 1.807) is 11.3 Å². The molecule has 3 nitrogen and oxygen atoms in total. The SMILES string of the molecule is CCOc1cc(CNCc2cccs2)cc(Br)c1OCc1ccc(C)cc1.Cl. The Bertz CT molecular complexity index is 854. The molecule has 0 saturated heterocycles. The van der Waals surface area contributed by atoms with Crippen molar-refractivity contribution in [3.05, 3.63) is 80.0 Å². The van der Waals surface area contributed by atoms with Crippen LogP contribution in [0.2, 0.25) is 0 Å². The summed E-state index contributed by atoms with van der Waals surface area (Å²) in [6, 6.07) is 16.7. The van der Waals surface area contributed by atoms with Crippen LogP contribution >= 0.6 is 39.7 Å². The highest BCUT2D eigenvalue weighted by atomic mass is 79.9. The van der Waals surface area contributed by atoms with Gasteiger partial charge in [-0.25, -0.2) is 0 Å². The Hall–Kier alpha value is -1.53. The Kier molecular flexibility index (Phi) is 9.32. The summed E-state index contributed by atoms with van der Waals surface area (Å²) in [5, 5.41) is 5.57. The van der Waals surface area contributed by atoms with E-state index < -0.39 is 0 Å². The molecule has 1 heterocycles. The molecule has 3 rings (SSSR count). The fourth-order valence-electron chi connectivity index (χ4n) is 2.71. The van der Waals surface area contributed by atoms with Crippen LogP contribution < -0.4 is 14.8 Å². The van der Waals surface area contributed by atoms with E-state index in [1.807, 2.05) is 6.92 Å². The van der Waals surface area contributed by atoms with Crippen LogP contribution in [0.1, 0.15) is 28.5 Å². The van der Waals surface area contributed by atoms with E-state index in [9.17, 15) is 0 Å². The number of aryl methyl sites for hydroxylation is 1. The second-order valence-corrected chi connectivity index (χ2v) is 8.18. The van der Waals surface area contributed by atoms with Gasteiger partial charge in [0, 0.05) is 18.0 Å². The number of benzene rings is 2. The zero-order valence-corrected chi connectivity index (χ0v) is 19.3. The van der Waals surface area contributed by atoms with Gasteiger partial charge >= 0.3 is 0 Å². The summed E-state index contributed by atoms with van der Waals surface area (Å²) in [5.74, 6) is 1.52. The molecule has 0 atom stereocenters. The third kappa shape index (κ3) is 6.52. The quantitative estimate of drug-likeness (QED) is 0.377. The lowest BCUT2D eigenvalue weighted by Gasteiger charge is -2.16. The first-order valence-corrected chi connectivity index (χ1v) is 10.7. The highest BCUT2D eigenvalue weighted by molar-refractivity contribution is 9.10. The van der Waals surface area contributed by atoms with Gasteiger partial charge in [-0.15, -0.1) is 23.7 Å². The van der Waals surface area contributed by atoms with E-state index >= 15 is 0 Å². The molecule has 0 amide bonds. The normalized spacial score (nSPS) is 10.4. The van der Waals surface area contributed by atoms with Crippen LogP contribution in [0.3, 0.4) is 0 Å². The zero-order valence-electron chi connectivity index (χ0n) is 16.0. The first kappa shape index (κ1) is 22.8. The smallest absolute Gasteiger partial charge is 0.175 e. The molecular weight excluding hydrogens is 458 g/mol. The van der Waals surface area contributed by atoms with E-state index in [-0.39, 0.29) is 12.4 Å². The van der Waals surface area contributed by atoms with Crippen LogP contribution in [0.5, 0.6) is 11.5 Å². The summed E-state index contributed by atoms with van der Waals surface area (Å²) in [5.41, 5.74) is 3.54. The highest BCUT2D eigenvalue weighted by Gasteiger charge is 2.13. The van der Waals surface area contributed by atoms with Crippen molar-refractivity contribution in [3.8, 4) is 11.5 Å². The minimum Gasteiger partial charge on any atom is -0.490 e. The van der Waals surface area contributed by atoms with Crippen LogP contribution in [-0.2, 0) is 19.7 Å². The Morgan fingerprint density at radius 1 is 1.00 bits per heavy atom. The number of thiophene rings is 1. The summed E-state index contributed by atoms with van der Waals surface area (Å²) in [4.78, 5) is 1.33. The molecule has 0 saturated carbocycles. The van der Waals surface area contributed by atoms with Crippen molar-refractivity contribution in [1.29, 1.82) is 0 Å². The van der Waals surface area contributed by atoms with Gasteiger partial charge in [0.25, 0.3) is 0 Å². The average molecular weight is 483 g/mol. The van der Waals surface area contributed by atoms with Gasteiger partial charge in [-0.05, 0) is 64.5 Å². The lowest BCUT2D eigenvalue weighted by atomic mass is 10.1. The lowest BCUT2D eigenvalue weighted by molar-refractivity contribution is 0.267. The number of nitrogens with one attached hydrogen (secondary N) is 1. The van der Waals surface area contributed by atoms with E-state index in [4.69, 9.17) is 9.47 Å². The standard InChI is InChI=1S/C22H24BrNO2S.ClH/c1-3-25-21-12-18(13-24-14-19-5-4-10-27-19)11-20(23)22(21)26-15-17-8-6-16(2)7-9-17;/h4-12,24H,3,13-15H2,1-2H3;1H. The predicted octanol–water partition coefficient (Wildman–Crippen LogP) is 6.51. The van der Waals surface area contributed by atoms with Crippen molar-refractivity contribution in [1.82, 2.24) is 5.32 Å². The molecule has 1 aromatic heterocycles. The van der Waals surface area contributed by atoms with E-state index in [2.05, 4.69) is 82.1 Å². The molecule has 0 fully saturated rings. The Balaban J connectivity index is 0.00000280. The first-order valence-electron chi connectivity index (χ1n) is 9.02. The summed E-state index contributed by atoms with van der Waals surface area (Å²) in [7, 11) is 0. The molecule has 6 heteroatoms. The fourth-order valence-corrected chi connectivity index (χ4v) is 3.99. The third-order valence-corrected chi connectivity index (χ3v) is 5.55. The van der Waals surface area contributed by atoms with Gasteiger partial charge in [-0.2, -0.15) is 0 Å². The largest absolute Gasteiger partial charge is 0.490 e. The second kappa shape index (κ2) is 11.5. The average Bonchev–Trinajstić information content (AvgIpc) is 3.16. The summed E-state index contributed by atoms with van der Waals surface area (Å²) < 4.78 is 12.8. The molecule has 0 radical (unpaired) electrons. The predicted molar refractivity (Wildman–Crippen MR) is 123 cm³/mol. The molecule has 0 aliphatic heterocycles. The number of hydrogen-bond donors (Lipinski definition) is 1. The fraction of sp³-hybridized carbons (Fsp3) is 0.273. The maximum absolute atomic E-state index is 6.07. The van der Waals surface area contributed by atoms with Crippen LogP contribution in [0, 0.1) is 6.92 Å². The Morgan fingerprint density at radius 2 is 1.79 bits per heavy atom. The molecule has 0 aliphatic rings. The molecule has 3 aromatic rings. The van der Waals surface area contributed by atoms with Crippen molar-refractivity contribution < 1.29 is 9.47 Å². The third-order valence-electron chi connectivity index (χ3n) is 4.08. The molecule has 1 N–H and O–H groups in total. The highest BCUT2D eigenvalue weighted by Crippen LogP contribution is 2.37. The van der Waals surface area contributed by atoms with E-state index in [1.165, 1.54) is 10.4 Å². The molecule has 0 spiro atoms. The van der Waals surface area contributed by atoms with Crippen molar-refractivity contribution in [2.75, 3.05) is 6.61 Å². The van der Waals surface area contributed by atoms with Crippen molar-refractivity contribution in [3.63, 3.8) is 0 Å². The molecular formula is C22H25BrClNO2S. The number of halogens is 2. The molecule has 2 aromatic carbocycles. The maximum atomic E-state index is 6.07. The van der Waals surface area contributed by atoms with Gasteiger partial charge in [-0.1, -0.05) is 35.9 Å². The minimum absolute atomic E-state index is 0. The molecule has 150 valence electrons. The van der Waals surface area contributed by atoms with Gasteiger partial charge in [-0.3, -0.25) is 0 Å². The van der Waals surface area contributed by atoms with Crippen LogP contribution in [0.15, 0.2) is 58.4 Å². The van der Waals surface area contributed by atoms with Crippen molar-refractivity contribution in [2.45, 2.75) is 33.5 Å². The summed E-state index contributed by atoms with van der Waals surface area (Å²) in [6.45, 7) is 6.81. The molecule has 28 heavy (non-hydrogen) atoms. The maximum Gasteiger partial charge on any atom is 0.175 e. The van der Waals surface area contributed by atoms with Crippen LogP contribution in [-0.4, -0.2) is 6.61 Å². The Morgan fingerprint density at radius 3 is 2.46 bits per heavy atom. The van der Waals surface area contributed by atoms with Crippen LogP contribution in [0.4, 0.5) is 0 Å². The van der Waals surface area contributed by atoms with Crippen LogP contribution in [0.25, 0.3) is 0 Å². The molecule has 0 bridgehead atoms. The van der Waals surface area contributed by atoms with Crippen molar-refractivity contribution >= 4 is 39.7 Å². The van der Waals surface area contributed by atoms with Gasteiger partial charge in [0.05, 0.1) is 11.1 Å². The Labute approximate surface area is 185 Å². The summed E-state index contributed by atoms with van der Waals surface area (Å²) in [6.07, 6.45) is 0. The van der Waals surface area contributed by atoms with E-state index in [0.29, 0.717) is 13.2 Å².